The zero-order valence-electron chi connectivity index (χ0n) is 19.8. The molecule has 2 aromatic carbocycles. The summed E-state index contributed by atoms with van der Waals surface area (Å²) < 4.78 is 6.85. The van der Waals surface area contributed by atoms with Crippen molar-refractivity contribution < 1.29 is 9.53 Å². The number of nitrogens with one attached hydrogen (secondary N) is 2. The Morgan fingerprint density at radius 1 is 1.00 bits per heavy atom. The van der Waals surface area contributed by atoms with Gasteiger partial charge in [0.2, 0.25) is 0 Å². The van der Waals surface area contributed by atoms with Crippen molar-refractivity contribution in [2.24, 2.45) is 7.05 Å². The van der Waals surface area contributed by atoms with E-state index in [0.29, 0.717) is 28.7 Å². The maximum absolute atomic E-state index is 12.9. The highest BCUT2D eigenvalue weighted by Crippen LogP contribution is 2.24. The summed E-state index contributed by atoms with van der Waals surface area (Å²) in [4.78, 5) is 23.6. The molecule has 0 saturated carbocycles. The molecular weight excluding hydrogens is 430 g/mol. The smallest absolute Gasteiger partial charge is 0.273 e. The monoisotopic (exact) mass is 457 g/mol. The fourth-order valence-corrected chi connectivity index (χ4v) is 3.43. The van der Waals surface area contributed by atoms with Gasteiger partial charge in [-0.15, -0.1) is 0 Å². The summed E-state index contributed by atoms with van der Waals surface area (Å²) >= 11 is 0. The number of aromatic nitrogens is 4. The number of rotatable bonds is 7. The molecular formula is C25H27N7O2. The molecule has 2 N–H and O–H groups in total. The van der Waals surface area contributed by atoms with Crippen LogP contribution in [0.3, 0.4) is 0 Å². The summed E-state index contributed by atoms with van der Waals surface area (Å²) in [5.74, 6) is 2.70. The quantitative estimate of drug-likeness (QED) is 0.428. The largest absolute Gasteiger partial charge is 0.497 e. The first-order valence-corrected chi connectivity index (χ1v) is 10.7. The molecule has 2 aromatic heterocycles. The Morgan fingerprint density at radius 3 is 2.44 bits per heavy atom. The van der Waals surface area contributed by atoms with E-state index < -0.39 is 0 Å². The minimum Gasteiger partial charge on any atom is -0.497 e. The summed E-state index contributed by atoms with van der Waals surface area (Å²) in [5, 5.41) is 10.7. The number of hydrogen-bond acceptors (Lipinski definition) is 7. The molecule has 4 rings (SSSR count). The molecule has 0 saturated heterocycles. The van der Waals surface area contributed by atoms with Gasteiger partial charge in [0.25, 0.3) is 5.91 Å². The number of carbonyl (C=O) groups is 1. The van der Waals surface area contributed by atoms with Crippen molar-refractivity contribution in [2.45, 2.75) is 6.92 Å². The van der Waals surface area contributed by atoms with Crippen LogP contribution in [-0.2, 0) is 7.05 Å². The average molecular weight is 458 g/mol. The van der Waals surface area contributed by atoms with Crippen LogP contribution in [0.4, 0.5) is 23.0 Å². The van der Waals surface area contributed by atoms with Crippen molar-refractivity contribution in [3.05, 3.63) is 72.2 Å². The highest BCUT2D eigenvalue weighted by atomic mass is 16.5. The maximum Gasteiger partial charge on any atom is 0.273 e. The van der Waals surface area contributed by atoms with Crippen molar-refractivity contribution in [2.75, 3.05) is 36.7 Å². The second-order valence-electron chi connectivity index (χ2n) is 7.98. The van der Waals surface area contributed by atoms with E-state index in [1.54, 1.807) is 24.9 Å². The van der Waals surface area contributed by atoms with Crippen LogP contribution in [-0.4, -0.2) is 46.9 Å². The van der Waals surface area contributed by atoms with Gasteiger partial charge in [-0.05, 0) is 49.4 Å². The first kappa shape index (κ1) is 22.8. The molecule has 0 aliphatic heterocycles. The highest BCUT2D eigenvalue weighted by molar-refractivity contribution is 6.03. The van der Waals surface area contributed by atoms with Gasteiger partial charge in [0.05, 0.1) is 12.8 Å². The first-order chi connectivity index (χ1) is 16.3. The van der Waals surface area contributed by atoms with E-state index in [2.05, 4.69) is 25.7 Å². The van der Waals surface area contributed by atoms with Gasteiger partial charge in [0, 0.05) is 44.1 Å². The third-order valence-corrected chi connectivity index (χ3v) is 5.18. The predicted octanol–water partition coefficient (Wildman–Crippen LogP) is 4.26. The number of aryl methyl sites for hydroxylation is 2. The molecule has 1 amide bonds. The summed E-state index contributed by atoms with van der Waals surface area (Å²) in [6.07, 6.45) is 0. The van der Waals surface area contributed by atoms with Gasteiger partial charge in [-0.1, -0.05) is 12.1 Å². The number of carbonyl (C=O) groups excluding carboxylic acids is 1. The molecule has 34 heavy (non-hydrogen) atoms. The van der Waals surface area contributed by atoms with Crippen molar-refractivity contribution in [1.82, 2.24) is 19.7 Å². The van der Waals surface area contributed by atoms with E-state index in [0.717, 1.165) is 22.8 Å². The standard InChI is InChI=1S/C25H27N7O2/c1-16-26-23(15-24(27-16)31(2)3)28-18-9-11-19(12-10-18)29-25(33)22-14-21(30-32(22)4)17-7-6-8-20(13-17)34-5/h6-15H,1-5H3,(H,29,33)(H,26,27,28). The summed E-state index contributed by atoms with van der Waals surface area (Å²) in [5.41, 5.74) is 3.55. The minimum absolute atomic E-state index is 0.244. The third-order valence-electron chi connectivity index (χ3n) is 5.18. The third kappa shape index (κ3) is 5.15. The molecule has 0 radical (unpaired) electrons. The zero-order valence-corrected chi connectivity index (χ0v) is 19.8. The average Bonchev–Trinajstić information content (AvgIpc) is 3.22. The van der Waals surface area contributed by atoms with Crippen molar-refractivity contribution in [1.29, 1.82) is 0 Å². The number of hydrogen-bond donors (Lipinski definition) is 2. The predicted molar refractivity (Wildman–Crippen MR) is 134 cm³/mol. The van der Waals surface area contributed by atoms with Crippen LogP contribution in [0.1, 0.15) is 16.3 Å². The van der Waals surface area contributed by atoms with Crippen LogP contribution in [0, 0.1) is 6.92 Å². The van der Waals surface area contributed by atoms with E-state index in [9.17, 15) is 4.79 Å². The lowest BCUT2D eigenvalue weighted by Gasteiger charge is -2.14. The Labute approximate surface area is 198 Å². The van der Waals surface area contributed by atoms with E-state index in [4.69, 9.17) is 4.74 Å². The van der Waals surface area contributed by atoms with Crippen LogP contribution in [0.5, 0.6) is 5.75 Å². The Balaban J connectivity index is 1.46. The second kappa shape index (κ2) is 9.62. The lowest BCUT2D eigenvalue weighted by Crippen LogP contribution is -2.16. The van der Waals surface area contributed by atoms with Gasteiger partial charge >= 0.3 is 0 Å². The van der Waals surface area contributed by atoms with Gasteiger partial charge in [-0.3, -0.25) is 9.48 Å². The van der Waals surface area contributed by atoms with Gasteiger partial charge in [-0.25, -0.2) is 9.97 Å². The summed E-state index contributed by atoms with van der Waals surface area (Å²) in [6, 6.07) is 18.6. The Kier molecular flexibility index (Phi) is 6.44. The number of nitrogens with zero attached hydrogens (tertiary/aromatic N) is 5. The molecule has 9 nitrogen and oxygen atoms in total. The normalized spacial score (nSPS) is 10.6. The van der Waals surface area contributed by atoms with Crippen molar-refractivity contribution in [3.8, 4) is 17.0 Å². The number of benzene rings is 2. The van der Waals surface area contributed by atoms with E-state index in [1.165, 1.54) is 0 Å². The molecule has 0 unspecified atom stereocenters. The molecule has 2 heterocycles. The lowest BCUT2D eigenvalue weighted by molar-refractivity contribution is 0.101. The summed E-state index contributed by atoms with van der Waals surface area (Å²) in [6.45, 7) is 1.86. The van der Waals surface area contributed by atoms with Gasteiger partial charge in [0.15, 0.2) is 0 Å². The molecule has 0 spiro atoms. The topological polar surface area (TPSA) is 97.2 Å². The van der Waals surface area contributed by atoms with Crippen molar-refractivity contribution >= 4 is 28.9 Å². The Bertz CT molecular complexity index is 1310. The van der Waals surface area contributed by atoms with Crippen LogP contribution in [0.25, 0.3) is 11.3 Å². The van der Waals surface area contributed by atoms with Gasteiger partial charge < -0.3 is 20.3 Å². The molecule has 0 atom stereocenters. The molecule has 174 valence electrons. The molecule has 0 aliphatic carbocycles. The van der Waals surface area contributed by atoms with Crippen LogP contribution < -0.4 is 20.3 Å². The first-order valence-electron chi connectivity index (χ1n) is 10.7. The van der Waals surface area contributed by atoms with E-state index in [1.807, 2.05) is 80.5 Å². The maximum atomic E-state index is 12.9. The minimum atomic E-state index is -0.244. The zero-order chi connectivity index (χ0) is 24.2. The molecule has 0 aliphatic rings. The number of ether oxygens (including phenoxy) is 1. The van der Waals surface area contributed by atoms with Crippen LogP contribution >= 0.6 is 0 Å². The molecule has 0 fully saturated rings. The number of amides is 1. The lowest BCUT2D eigenvalue weighted by atomic mass is 10.1. The Hall–Kier alpha value is -4.40. The van der Waals surface area contributed by atoms with Gasteiger partial charge in [0.1, 0.15) is 28.9 Å². The number of anilines is 4. The second-order valence-corrected chi connectivity index (χ2v) is 7.98. The molecule has 4 aromatic rings. The molecule has 9 heteroatoms. The van der Waals surface area contributed by atoms with Gasteiger partial charge in [-0.2, -0.15) is 5.10 Å². The highest BCUT2D eigenvalue weighted by Gasteiger charge is 2.15. The summed E-state index contributed by atoms with van der Waals surface area (Å²) in [7, 11) is 7.24. The van der Waals surface area contributed by atoms with Crippen LogP contribution in [0.2, 0.25) is 0 Å². The number of methoxy groups -OCH3 is 1. The van der Waals surface area contributed by atoms with Crippen LogP contribution in [0.15, 0.2) is 60.7 Å². The fraction of sp³-hybridized carbons (Fsp3) is 0.200. The Morgan fingerprint density at radius 2 is 1.74 bits per heavy atom. The molecule has 0 bridgehead atoms. The van der Waals surface area contributed by atoms with E-state index >= 15 is 0 Å². The van der Waals surface area contributed by atoms with Crippen molar-refractivity contribution in [3.63, 3.8) is 0 Å². The van der Waals surface area contributed by atoms with E-state index in [-0.39, 0.29) is 5.91 Å². The fourth-order valence-electron chi connectivity index (χ4n) is 3.43. The SMILES string of the molecule is COc1cccc(-c2cc(C(=O)Nc3ccc(Nc4cc(N(C)C)nc(C)n4)cc3)n(C)n2)c1.